The minimum atomic E-state index is -0.967. The van der Waals surface area contributed by atoms with Crippen LogP contribution in [0.3, 0.4) is 0 Å². The highest BCUT2D eigenvalue weighted by molar-refractivity contribution is 5.68. The molecule has 6 heteroatoms. The van der Waals surface area contributed by atoms with Gasteiger partial charge in [0.2, 0.25) is 0 Å². The van der Waals surface area contributed by atoms with Crippen LogP contribution in [0.2, 0.25) is 0 Å². The van der Waals surface area contributed by atoms with Crippen molar-refractivity contribution in [1.29, 1.82) is 5.26 Å². The number of amides is 1. The molecule has 1 aliphatic heterocycles. The molecule has 2 N–H and O–H groups in total. The monoisotopic (exact) mass is 381 g/mol. The average molecular weight is 381 g/mol. The summed E-state index contributed by atoms with van der Waals surface area (Å²) in [7, 11) is 0. The number of rotatable bonds is 3. The predicted molar refractivity (Wildman–Crippen MR) is 105 cm³/mol. The van der Waals surface area contributed by atoms with Crippen molar-refractivity contribution in [2.24, 2.45) is 5.73 Å². The third-order valence-electron chi connectivity index (χ3n) is 5.28. The average Bonchev–Trinajstić information content (AvgIpc) is 3.06. The van der Waals surface area contributed by atoms with Gasteiger partial charge in [0.25, 0.3) is 0 Å². The highest BCUT2D eigenvalue weighted by Crippen LogP contribution is 2.41. The van der Waals surface area contributed by atoms with Gasteiger partial charge in [-0.3, -0.25) is 4.90 Å². The summed E-state index contributed by atoms with van der Waals surface area (Å²) in [5, 5.41) is 9.77. The Labute approximate surface area is 164 Å². The van der Waals surface area contributed by atoms with E-state index in [1.807, 2.05) is 12.1 Å². The second-order valence-electron chi connectivity index (χ2n) is 8.14. The fraction of sp³-hybridized carbons (Fsp3) is 0.364. The number of nitrogens with zero attached hydrogens (tertiary/aromatic N) is 2. The Morgan fingerprint density at radius 2 is 1.86 bits per heavy atom. The third kappa shape index (κ3) is 3.85. The molecule has 1 saturated heterocycles. The second kappa shape index (κ2) is 7.25. The first kappa shape index (κ1) is 19.8. The number of nitrogens with two attached hydrogens (primary N) is 1. The highest BCUT2D eigenvalue weighted by Gasteiger charge is 2.47. The molecule has 1 heterocycles. The molecular weight excluding hydrogens is 357 g/mol. The van der Waals surface area contributed by atoms with Gasteiger partial charge in [0, 0.05) is 30.6 Å². The SMILES string of the molecule is CC(C)(C)N1CC[C@](OC(N)=O)(c2ccc(-c3ccc(F)cc3)cc2C#N)C1. The van der Waals surface area contributed by atoms with Crippen LogP contribution in [0.4, 0.5) is 9.18 Å². The quantitative estimate of drug-likeness (QED) is 0.866. The predicted octanol–water partition coefficient (Wildman–Crippen LogP) is 4.16. The Morgan fingerprint density at radius 3 is 2.39 bits per heavy atom. The molecule has 0 spiro atoms. The zero-order chi connectivity index (χ0) is 20.5. The van der Waals surface area contributed by atoms with Crippen LogP contribution in [-0.2, 0) is 10.3 Å². The lowest BCUT2D eigenvalue weighted by Gasteiger charge is -2.35. The summed E-state index contributed by atoms with van der Waals surface area (Å²) in [5.74, 6) is -0.317. The van der Waals surface area contributed by atoms with E-state index in [-0.39, 0.29) is 11.4 Å². The third-order valence-corrected chi connectivity index (χ3v) is 5.28. The number of ether oxygens (including phenoxy) is 1. The van der Waals surface area contributed by atoms with Crippen molar-refractivity contribution >= 4 is 6.09 Å². The van der Waals surface area contributed by atoms with Gasteiger partial charge in [-0.2, -0.15) is 5.26 Å². The summed E-state index contributed by atoms with van der Waals surface area (Å²) < 4.78 is 18.8. The highest BCUT2D eigenvalue weighted by atomic mass is 19.1. The molecule has 0 aliphatic carbocycles. The number of benzene rings is 2. The van der Waals surface area contributed by atoms with Crippen molar-refractivity contribution in [3.05, 3.63) is 59.4 Å². The molecule has 1 atom stereocenters. The van der Waals surface area contributed by atoms with E-state index in [0.717, 1.165) is 17.7 Å². The van der Waals surface area contributed by atoms with Crippen molar-refractivity contribution in [2.45, 2.75) is 38.3 Å². The molecular formula is C22H24FN3O2. The maximum Gasteiger partial charge on any atom is 0.405 e. The van der Waals surface area contributed by atoms with E-state index in [1.165, 1.54) is 12.1 Å². The molecule has 146 valence electrons. The van der Waals surface area contributed by atoms with Gasteiger partial charge >= 0.3 is 6.09 Å². The fourth-order valence-electron chi connectivity index (χ4n) is 3.76. The van der Waals surface area contributed by atoms with Gasteiger partial charge in [-0.1, -0.05) is 24.3 Å². The lowest BCUT2D eigenvalue weighted by Crippen LogP contribution is -2.44. The van der Waals surface area contributed by atoms with Gasteiger partial charge in [0.1, 0.15) is 5.82 Å². The summed E-state index contributed by atoms with van der Waals surface area (Å²) >= 11 is 0. The smallest absolute Gasteiger partial charge is 0.405 e. The van der Waals surface area contributed by atoms with Crippen LogP contribution in [0.1, 0.15) is 38.3 Å². The van der Waals surface area contributed by atoms with Gasteiger partial charge in [0.05, 0.1) is 11.6 Å². The van der Waals surface area contributed by atoms with Crippen LogP contribution in [0.5, 0.6) is 0 Å². The minimum absolute atomic E-state index is 0.108. The summed E-state index contributed by atoms with van der Waals surface area (Å²) in [6, 6.07) is 13.7. The summed E-state index contributed by atoms with van der Waals surface area (Å²) in [4.78, 5) is 13.9. The molecule has 1 fully saturated rings. The standard InChI is InChI=1S/C22H24FN3O2/c1-21(2,3)26-11-10-22(14-26,28-20(25)27)19-9-6-16(12-17(19)13-24)15-4-7-18(23)8-5-15/h4-9,12H,10-11,14H2,1-3H3,(H2,25,27)/t22-/m1/s1. The first-order chi connectivity index (χ1) is 13.1. The molecule has 0 bridgehead atoms. The number of primary amides is 1. The molecule has 2 aromatic carbocycles. The van der Waals surface area contributed by atoms with Crippen molar-refractivity contribution in [3.63, 3.8) is 0 Å². The van der Waals surface area contributed by atoms with Crippen molar-refractivity contribution < 1.29 is 13.9 Å². The number of hydrogen-bond donors (Lipinski definition) is 1. The first-order valence-electron chi connectivity index (χ1n) is 9.19. The van der Waals surface area contributed by atoms with Gasteiger partial charge in [-0.15, -0.1) is 0 Å². The number of hydrogen-bond acceptors (Lipinski definition) is 4. The summed E-state index contributed by atoms with van der Waals surface area (Å²) in [5.41, 5.74) is 6.96. The zero-order valence-corrected chi connectivity index (χ0v) is 16.3. The van der Waals surface area contributed by atoms with Gasteiger partial charge in [0.15, 0.2) is 5.60 Å². The van der Waals surface area contributed by atoms with Gasteiger partial charge in [-0.05, 0) is 50.1 Å². The van der Waals surface area contributed by atoms with Gasteiger partial charge in [-0.25, -0.2) is 9.18 Å². The van der Waals surface area contributed by atoms with E-state index in [9.17, 15) is 14.4 Å². The van der Waals surface area contributed by atoms with E-state index in [2.05, 4.69) is 31.7 Å². The van der Waals surface area contributed by atoms with Crippen LogP contribution in [0, 0.1) is 17.1 Å². The van der Waals surface area contributed by atoms with Gasteiger partial charge < -0.3 is 10.5 Å². The molecule has 0 radical (unpaired) electrons. The Balaban J connectivity index is 2.05. The van der Waals surface area contributed by atoms with Crippen molar-refractivity contribution in [1.82, 2.24) is 4.90 Å². The molecule has 28 heavy (non-hydrogen) atoms. The zero-order valence-electron chi connectivity index (χ0n) is 16.3. The Hall–Kier alpha value is -2.91. The number of halogens is 1. The van der Waals surface area contributed by atoms with E-state index >= 15 is 0 Å². The number of carbonyl (C=O) groups excluding carboxylic acids is 1. The van der Waals surface area contributed by atoms with E-state index < -0.39 is 11.7 Å². The lowest BCUT2D eigenvalue weighted by molar-refractivity contribution is 0.0114. The number of nitriles is 1. The Kier molecular flexibility index (Phi) is 5.14. The molecule has 2 aromatic rings. The van der Waals surface area contributed by atoms with Crippen LogP contribution < -0.4 is 5.73 Å². The van der Waals surface area contributed by atoms with Crippen LogP contribution >= 0.6 is 0 Å². The molecule has 0 saturated carbocycles. The van der Waals surface area contributed by atoms with Crippen molar-refractivity contribution in [3.8, 4) is 17.2 Å². The summed E-state index contributed by atoms with van der Waals surface area (Å²) in [6.07, 6.45) is -0.306. The minimum Gasteiger partial charge on any atom is -0.437 e. The van der Waals surface area contributed by atoms with Crippen molar-refractivity contribution in [2.75, 3.05) is 13.1 Å². The van der Waals surface area contributed by atoms with Crippen LogP contribution in [0.15, 0.2) is 42.5 Å². The summed E-state index contributed by atoms with van der Waals surface area (Å²) in [6.45, 7) is 7.47. The van der Waals surface area contributed by atoms with Crippen LogP contribution in [0.25, 0.3) is 11.1 Å². The molecule has 0 unspecified atom stereocenters. The van der Waals surface area contributed by atoms with E-state index in [0.29, 0.717) is 24.1 Å². The topological polar surface area (TPSA) is 79.3 Å². The molecule has 5 nitrogen and oxygen atoms in total. The second-order valence-corrected chi connectivity index (χ2v) is 8.14. The maximum atomic E-state index is 13.2. The Bertz CT molecular complexity index is 928. The molecule has 3 rings (SSSR count). The number of carbonyl (C=O) groups is 1. The number of likely N-dealkylation sites (tertiary alicyclic amines) is 1. The molecule has 1 amide bonds. The van der Waals surface area contributed by atoms with E-state index in [4.69, 9.17) is 10.5 Å². The normalized spacial score (nSPS) is 20.0. The molecule has 0 aromatic heterocycles. The van der Waals surface area contributed by atoms with Crippen LogP contribution in [-0.4, -0.2) is 29.6 Å². The fourth-order valence-corrected chi connectivity index (χ4v) is 3.76. The maximum absolute atomic E-state index is 13.2. The first-order valence-corrected chi connectivity index (χ1v) is 9.19. The lowest BCUT2D eigenvalue weighted by atomic mass is 9.87. The largest absolute Gasteiger partial charge is 0.437 e. The molecule has 1 aliphatic rings. The Morgan fingerprint density at radius 1 is 1.21 bits per heavy atom. The van der Waals surface area contributed by atoms with E-state index in [1.54, 1.807) is 18.2 Å².